The number of hydrogen-bond acceptors (Lipinski definition) is 1. The summed E-state index contributed by atoms with van der Waals surface area (Å²) in [7, 11) is 0. The van der Waals surface area contributed by atoms with E-state index in [2.05, 4.69) is 12.1 Å². The molecular formula is C15H13Cl3O. The molecule has 0 aliphatic heterocycles. The molecule has 0 aliphatic carbocycles. The van der Waals surface area contributed by atoms with E-state index in [4.69, 9.17) is 39.5 Å². The van der Waals surface area contributed by atoms with Crippen molar-refractivity contribution in [1.29, 1.82) is 0 Å². The maximum Gasteiger partial charge on any atom is 0.142 e. The Morgan fingerprint density at radius 2 is 1.74 bits per heavy atom. The maximum atomic E-state index is 6.13. The van der Waals surface area contributed by atoms with Crippen molar-refractivity contribution < 1.29 is 4.74 Å². The summed E-state index contributed by atoms with van der Waals surface area (Å²) < 4.78 is 5.74. The molecule has 4 heteroatoms. The summed E-state index contributed by atoms with van der Waals surface area (Å²) in [5.74, 6) is 0.943. The Balaban J connectivity index is 2.03. The van der Waals surface area contributed by atoms with Crippen LogP contribution in [0.1, 0.15) is 11.1 Å². The van der Waals surface area contributed by atoms with Crippen molar-refractivity contribution in [3.8, 4) is 5.75 Å². The van der Waals surface area contributed by atoms with E-state index in [9.17, 15) is 0 Å². The predicted octanol–water partition coefficient (Wildman–Crippen LogP) is 5.35. The molecule has 0 N–H and O–H groups in total. The van der Waals surface area contributed by atoms with E-state index < -0.39 is 0 Å². The molecule has 2 aromatic rings. The van der Waals surface area contributed by atoms with E-state index >= 15 is 0 Å². The number of benzene rings is 2. The van der Waals surface area contributed by atoms with Crippen molar-refractivity contribution in [1.82, 2.24) is 0 Å². The minimum atomic E-state index is 0.320. The molecule has 100 valence electrons. The third-order valence-corrected chi connectivity index (χ3v) is 3.50. The SMILES string of the molecule is ClCc1cc(Cl)cc(Cl)c1OCCc1ccccc1. The Morgan fingerprint density at radius 3 is 2.42 bits per heavy atom. The minimum Gasteiger partial charge on any atom is -0.491 e. The molecule has 2 rings (SSSR count). The molecule has 0 saturated heterocycles. The van der Waals surface area contributed by atoms with E-state index in [-0.39, 0.29) is 0 Å². The van der Waals surface area contributed by atoms with Crippen LogP contribution in [0.15, 0.2) is 42.5 Å². The first-order chi connectivity index (χ1) is 9.20. The van der Waals surface area contributed by atoms with Crippen LogP contribution >= 0.6 is 34.8 Å². The van der Waals surface area contributed by atoms with Gasteiger partial charge >= 0.3 is 0 Å². The lowest BCUT2D eigenvalue weighted by Gasteiger charge is -2.12. The molecule has 0 amide bonds. The van der Waals surface area contributed by atoms with Crippen molar-refractivity contribution in [3.05, 3.63) is 63.6 Å². The van der Waals surface area contributed by atoms with Gasteiger partial charge in [0.1, 0.15) is 5.75 Å². The second-order valence-corrected chi connectivity index (χ2v) is 5.20. The molecule has 0 atom stereocenters. The second kappa shape index (κ2) is 7.04. The topological polar surface area (TPSA) is 9.23 Å². The summed E-state index contributed by atoms with van der Waals surface area (Å²) in [6.07, 6.45) is 0.821. The van der Waals surface area contributed by atoms with Gasteiger partial charge < -0.3 is 4.74 Å². The molecule has 0 saturated carbocycles. The summed E-state index contributed by atoms with van der Waals surface area (Å²) >= 11 is 17.9. The standard InChI is InChI=1S/C15H13Cl3O/c16-10-12-8-13(17)9-14(18)15(12)19-7-6-11-4-2-1-3-5-11/h1-5,8-9H,6-7,10H2. The fraction of sp³-hybridized carbons (Fsp3) is 0.200. The van der Waals surface area contributed by atoms with Crippen molar-refractivity contribution in [2.45, 2.75) is 12.3 Å². The normalized spacial score (nSPS) is 10.5. The fourth-order valence-electron chi connectivity index (χ4n) is 1.79. The molecule has 0 aromatic heterocycles. The highest BCUT2D eigenvalue weighted by Crippen LogP contribution is 2.33. The molecule has 0 aliphatic rings. The van der Waals surface area contributed by atoms with Gasteiger partial charge in [0.2, 0.25) is 0 Å². The average molecular weight is 316 g/mol. The van der Waals surface area contributed by atoms with Gasteiger partial charge in [0, 0.05) is 17.0 Å². The third-order valence-electron chi connectivity index (χ3n) is 2.71. The Hall–Kier alpha value is -0.890. The van der Waals surface area contributed by atoms with Gasteiger partial charge in [-0.1, -0.05) is 53.5 Å². The Morgan fingerprint density at radius 1 is 1.00 bits per heavy atom. The summed E-state index contributed by atoms with van der Waals surface area (Å²) in [5, 5.41) is 1.06. The van der Waals surface area contributed by atoms with Crippen LogP contribution in [0.2, 0.25) is 10.0 Å². The first kappa shape index (κ1) is 14.5. The monoisotopic (exact) mass is 314 g/mol. The lowest BCUT2D eigenvalue weighted by Crippen LogP contribution is -2.03. The number of rotatable bonds is 5. The Bertz CT molecular complexity index is 541. The van der Waals surface area contributed by atoms with Crippen LogP contribution in [0.25, 0.3) is 0 Å². The van der Waals surface area contributed by atoms with Crippen molar-refractivity contribution in [2.75, 3.05) is 6.61 Å². The van der Waals surface area contributed by atoms with Crippen molar-refractivity contribution in [2.24, 2.45) is 0 Å². The molecular weight excluding hydrogens is 303 g/mol. The summed E-state index contributed by atoms with van der Waals surface area (Å²) in [4.78, 5) is 0. The zero-order valence-electron chi connectivity index (χ0n) is 10.2. The van der Waals surface area contributed by atoms with Crippen LogP contribution < -0.4 is 4.74 Å². The molecule has 1 nitrogen and oxygen atoms in total. The number of halogens is 3. The summed E-state index contributed by atoms with van der Waals surface area (Å²) in [6.45, 7) is 0.551. The predicted molar refractivity (Wildman–Crippen MR) is 81.7 cm³/mol. The molecule has 0 heterocycles. The minimum absolute atomic E-state index is 0.320. The van der Waals surface area contributed by atoms with E-state index in [1.54, 1.807) is 12.1 Å². The molecule has 0 radical (unpaired) electrons. The van der Waals surface area contributed by atoms with Gasteiger partial charge in [0.05, 0.1) is 17.5 Å². The largest absolute Gasteiger partial charge is 0.491 e. The fourth-order valence-corrected chi connectivity index (χ4v) is 2.58. The quantitative estimate of drug-likeness (QED) is 0.675. The van der Waals surface area contributed by atoms with Gasteiger partial charge in [-0.3, -0.25) is 0 Å². The number of hydrogen-bond donors (Lipinski definition) is 0. The zero-order valence-corrected chi connectivity index (χ0v) is 12.5. The van der Waals surface area contributed by atoms with Crippen LogP contribution in [0.5, 0.6) is 5.75 Å². The number of alkyl halides is 1. The highest BCUT2D eigenvalue weighted by Gasteiger charge is 2.10. The van der Waals surface area contributed by atoms with Gasteiger partial charge in [0.25, 0.3) is 0 Å². The second-order valence-electron chi connectivity index (χ2n) is 4.09. The Kier molecular flexibility index (Phi) is 5.38. The van der Waals surface area contributed by atoms with Crippen molar-refractivity contribution in [3.63, 3.8) is 0 Å². The molecule has 19 heavy (non-hydrogen) atoms. The molecule has 2 aromatic carbocycles. The maximum absolute atomic E-state index is 6.13. The van der Waals surface area contributed by atoms with Crippen LogP contribution in [-0.4, -0.2) is 6.61 Å². The lowest BCUT2D eigenvalue weighted by molar-refractivity contribution is 0.319. The van der Waals surface area contributed by atoms with Gasteiger partial charge in [-0.05, 0) is 17.7 Å². The molecule has 0 bridgehead atoms. The van der Waals surface area contributed by atoms with Gasteiger partial charge in [-0.15, -0.1) is 11.6 Å². The first-order valence-corrected chi connectivity index (χ1v) is 7.20. The van der Waals surface area contributed by atoms with E-state index in [0.717, 1.165) is 12.0 Å². The molecule has 0 fully saturated rings. The zero-order chi connectivity index (χ0) is 13.7. The van der Waals surface area contributed by atoms with Crippen LogP contribution in [0, 0.1) is 0 Å². The van der Waals surface area contributed by atoms with E-state index in [1.807, 2.05) is 18.2 Å². The first-order valence-electron chi connectivity index (χ1n) is 5.91. The van der Waals surface area contributed by atoms with Gasteiger partial charge in [0.15, 0.2) is 0 Å². The smallest absolute Gasteiger partial charge is 0.142 e. The Labute approximate surface area is 128 Å². The van der Waals surface area contributed by atoms with Crippen LogP contribution in [0.3, 0.4) is 0 Å². The van der Waals surface area contributed by atoms with Crippen LogP contribution in [0.4, 0.5) is 0 Å². The summed E-state index contributed by atoms with van der Waals surface area (Å²) in [6, 6.07) is 13.6. The molecule has 0 spiro atoms. The van der Waals surface area contributed by atoms with Crippen molar-refractivity contribution >= 4 is 34.8 Å². The van der Waals surface area contributed by atoms with E-state index in [1.165, 1.54) is 5.56 Å². The molecule has 0 unspecified atom stereocenters. The highest BCUT2D eigenvalue weighted by atomic mass is 35.5. The van der Waals surface area contributed by atoms with Crippen LogP contribution in [-0.2, 0) is 12.3 Å². The average Bonchev–Trinajstić information content (AvgIpc) is 2.42. The highest BCUT2D eigenvalue weighted by molar-refractivity contribution is 6.36. The van der Waals surface area contributed by atoms with Gasteiger partial charge in [-0.25, -0.2) is 0 Å². The third kappa shape index (κ3) is 4.04. The summed E-state index contributed by atoms with van der Waals surface area (Å²) in [5.41, 5.74) is 2.03. The van der Waals surface area contributed by atoms with Gasteiger partial charge in [-0.2, -0.15) is 0 Å². The lowest BCUT2D eigenvalue weighted by atomic mass is 10.2. The van der Waals surface area contributed by atoms with E-state index in [0.29, 0.717) is 28.3 Å². The number of ether oxygens (including phenoxy) is 1.